The van der Waals surface area contributed by atoms with Crippen molar-refractivity contribution in [2.45, 2.75) is 25.0 Å². The minimum atomic E-state index is -0.215. The van der Waals surface area contributed by atoms with Crippen molar-refractivity contribution in [3.8, 4) is 0 Å². The van der Waals surface area contributed by atoms with Crippen LogP contribution in [-0.4, -0.2) is 25.2 Å². The number of methoxy groups -OCH3 is 1. The summed E-state index contributed by atoms with van der Waals surface area (Å²) in [6.07, 6.45) is 1.93. The third kappa shape index (κ3) is 2.53. The number of halogens is 1. The molecule has 2 rings (SSSR count). The number of nitrogens with one attached hydrogen (secondary N) is 1. The Bertz CT molecular complexity index is 410. The topological polar surface area (TPSA) is 64.3 Å². The fourth-order valence-corrected chi connectivity index (χ4v) is 2.18. The predicted octanol–water partition coefficient (Wildman–Crippen LogP) is 1.83. The molecule has 0 bridgehead atoms. The summed E-state index contributed by atoms with van der Waals surface area (Å²) in [7, 11) is 1.68. The minimum absolute atomic E-state index is 0.156. The zero-order valence-electron chi connectivity index (χ0n) is 9.57. The van der Waals surface area contributed by atoms with Gasteiger partial charge in [-0.2, -0.15) is 0 Å². The Morgan fingerprint density at radius 2 is 2.24 bits per heavy atom. The van der Waals surface area contributed by atoms with Gasteiger partial charge in [-0.3, -0.25) is 4.79 Å². The summed E-state index contributed by atoms with van der Waals surface area (Å²) >= 11 is 5.96. The van der Waals surface area contributed by atoms with Gasteiger partial charge in [-0.05, 0) is 25.0 Å². The van der Waals surface area contributed by atoms with E-state index in [1.165, 1.54) is 0 Å². The average Bonchev–Trinajstić information content (AvgIpc) is 2.22. The van der Waals surface area contributed by atoms with E-state index in [0.717, 1.165) is 12.8 Å². The van der Waals surface area contributed by atoms with E-state index in [0.29, 0.717) is 16.3 Å². The summed E-state index contributed by atoms with van der Waals surface area (Å²) in [5.74, 6) is -0.215. The number of amides is 1. The third-order valence-electron chi connectivity index (χ3n) is 3.04. The second kappa shape index (κ2) is 4.94. The zero-order valence-corrected chi connectivity index (χ0v) is 10.3. The van der Waals surface area contributed by atoms with Gasteiger partial charge in [0, 0.05) is 18.8 Å². The van der Waals surface area contributed by atoms with Gasteiger partial charge in [0.1, 0.15) is 0 Å². The lowest BCUT2D eigenvalue weighted by molar-refractivity contribution is 0.0176. The molecule has 0 heterocycles. The molecule has 1 aliphatic carbocycles. The molecular weight excluding hydrogens is 240 g/mol. The molecule has 1 saturated carbocycles. The highest BCUT2D eigenvalue weighted by Crippen LogP contribution is 2.25. The molecule has 92 valence electrons. The SMILES string of the molecule is COC1CC(NC(=O)c2c(N)cccc2Cl)C1. The van der Waals surface area contributed by atoms with Crippen molar-refractivity contribution in [2.24, 2.45) is 0 Å². The third-order valence-corrected chi connectivity index (χ3v) is 3.35. The van der Waals surface area contributed by atoms with Gasteiger partial charge in [-0.15, -0.1) is 0 Å². The Balaban J connectivity index is 2.01. The van der Waals surface area contributed by atoms with Crippen molar-refractivity contribution >= 4 is 23.2 Å². The maximum atomic E-state index is 12.0. The van der Waals surface area contributed by atoms with Crippen LogP contribution in [0, 0.1) is 0 Å². The first-order valence-corrected chi connectivity index (χ1v) is 5.87. The normalized spacial score (nSPS) is 22.9. The van der Waals surface area contributed by atoms with E-state index < -0.39 is 0 Å². The van der Waals surface area contributed by atoms with Crippen LogP contribution in [0.25, 0.3) is 0 Å². The van der Waals surface area contributed by atoms with Crippen LogP contribution in [0.15, 0.2) is 18.2 Å². The molecule has 1 fully saturated rings. The molecule has 1 aromatic carbocycles. The highest BCUT2D eigenvalue weighted by Gasteiger charge is 2.31. The molecule has 0 saturated heterocycles. The van der Waals surface area contributed by atoms with Crippen LogP contribution in [0.2, 0.25) is 5.02 Å². The van der Waals surface area contributed by atoms with Crippen molar-refractivity contribution in [1.29, 1.82) is 0 Å². The molecule has 0 unspecified atom stereocenters. The smallest absolute Gasteiger partial charge is 0.255 e. The van der Waals surface area contributed by atoms with Crippen molar-refractivity contribution in [3.05, 3.63) is 28.8 Å². The summed E-state index contributed by atoms with van der Waals surface area (Å²) in [6.45, 7) is 0. The number of carbonyl (C=O) groups excluding carboxylic acids is 1. The molecule has 17 heavy (non-hydrogen) atoms. The number of benzene rings is 1. The molecule has 0 aromatic heterocycles. The number of rotatable bonds is 3. The first-order chi connectivity index (χ1) is 8.11. The fraction of sp³-hybridized carbons (Fsp3) is 0.417. The van der Waals surface area contributed by atoms with Crippen LogP contribution in [0.5, 0.6) is 0 Å². The molecule has 1 amide bonds. The molecule has 5 heteroatoms. The Morgan fingerprint density at radius 1 is 1.53 bits per heavy atom. The van der Waals surface area contributed by atoms with E-state index >= 15 is 0 Å². The molecule has 0 radical (unpaired) electrons. The summed E-state index contributed by atoms with van der Waals surface area (Å²) in [5.41, 5.74) is 6.50. The van der Waals surface area contributed by atoms with Gasteiger partial charge in [0.2, 0.25) is 0 Å². The molecule has 3 N–H and O–H groups in total. The van der Waals surface area contributed by atoms with E-state index in [4.69, 9.17) is 22.1 Å². The van der Waals surface area contributed by atoms with Crippen LogP contribution in [0.1, 0.15) is 23.2 Å². The summed E-state index contributed by atoms with van der Waals surface area (Å²) < 4.78 is 5.15. The van der Waals surface area contributed by atoms with Gasteiger partial charge in [0.05, 0.1) is 16.7 Å². The Labute approximate surface area is 105 Å². The van der Waals surface area contributed by atoms with E-state index in [1.54, 1.807) is 25.3 Å². The lowest BCUT2D eigenvalue weighted by atomic mass is 9.89. The van der Waals surface area contributed by atoms with E-state index in [-0.39, 0.29) is 18.1 Å². The molecule has 4 nitrogen and oxygen atoms in total. The quantitative estimate of drug-likeness (QED) is 0.809. The Morgan fingerprint density at radius 3 is 2.82 bits per heavy atom. The van der Waals surface area contributed by atoms with Crippen LogP contribution >= 0.6 is 11.6 Å². The molecule has 1 aromatic rings. The summed E-state index contributed by atoms with van der Waals surface area (Å²) in [5, 5.41) is 3.27. The standard InChI is InChI=1S/C12H15ClN2O2/c1-17-8-5-7(6-8)15-12(16)11-9(13)3-2-4-10(11)14/h2-4,7-8H,5-6,14H2,1H3,(H,15,16). The van der Waals surface area contributed by atoms with Gasteiger partial charge < -0.3 is 15.8 Å². The van der Waals surface area contributed by atoms with Crippen molar-refractivity contribution in [1.82, 2.24) is 5.32 Å². The van der Waals surface area contributed by atoms with Gasteiger partial charge in [0.15, 0.2) is 0 Å². The van der Waals surface area contributed by atoms with Crippen LogP contribution in [0.3, 0.4) is 0 Å². The Hall–Kier alpha value is -1.26. The van der Waals surface area contributed by atoms with E-state index in [2.05, 4.69) is 5.32 Å². The van der Waals surface area contributed by atoms with Gasteiger partial charge in [-0.1, -0.05) is 17.7 Å². The molecule has 1 aliphatic rings. The van der Waals surface area contributed by atoms with Gasteiger partial charge in [-0.25, -0.2) is 0 Å². The highest BCUT2D eigenvalue weighted by atomic mass is 35.5. The Kier molecular flexibility index (Phi) is 3.54. The molecule has 0 atom stereocenters. The maximum absolute atomic E-state index is 12.0. The number of anilines is 1. The van der Waals surface area contributed by atoms with Gasteiger partial charge >= 0.3 is 0 Å². The molecule has 0 spiro atoms. The first kappa shape index (κ1) is 12.2. The van der Waals surface area contributed by atoms with E-state index in [1.807, 2.05) is 0 Å². The first-order valence-electron chi connectivity index (χ1n) is 5.49. The molecular formula is C12H15ClN2O2. The number of hydrogen-bond acceptors (Lipinski definition) is 3. The number of carbonyl (C=O) groups is 1. The minimum Gasteiger partial charge on any atom is -0.398 e. The van der Waals surface area contributed by atoms with Crippen molar-refractivity contribution in [2.75, 3.05) is 12.8 Å². The van der Waals surface area contributed by atoms with E-state index in [9.17, 15) is 4.79 Å². The number of nitrogens with two attached hydrogens (primary N) is 1. The second-order valence-electron chi connectivity index (χ2n) is 4.20. The highest BCUT2D eigenvalue weighted by molar-refractivity contribution is 6.34. The average molecular weight is 255 g/mol. The van der Waals surface area contributed by atoms with Gasteiger partial charge in [0.25, 0.3) is 5.91 Å². The number of ether oxygens (including phenoxy) is 1. The van der Waals surface area contributed by atoms with Crippen molar-refractivity contribution in [3.63, 3.8) is 0 Å². The zero-order chi connectivity index (χ0) is 12.4. The number of nitrogen functional groups attached to an aromatic ring is 1. The maximum Gasteiger partial charge on any atom is 0.255 e. The summed E-state index contributed by atoms with van der Waals surface area (Å²) in [6, 6.07) is 5.20. The van der Waals surface area contributed by atoms with Crippen LogP contribution in [-0.2, 0) is 4.74 Å². The van der Waals surface area contributed by atoms with Crippen LogP contribution < -0.4 is 11.1 Å². The lowest BCUT2D eigenvalue weighted by Crippen LogP contribution is -2.47. The monoisotopic (exact) mass is 254 g/mol. The lowest BCUT2D eigenvalue weighted by Gasteiger charge is -2.34. The van der Waals surface area contributed by atoms with Crippen molar-refractivity contribution < 1.29 is 9.53 Å². The predicted molar refractivity (Wildman–Crippen MR) is 67.1 cm³/mol. The largest absolute Gasteiger partial charge is 0.398 e. The molecule has 0 aliphatic heterocycles. The van der Waals surface area contributed by atoms with Crippen LogP contribution in [0.4, 0.5) is 5.69 Å². The number of hydrogen-bond donors (Lipinski definition) is 2. The second-order valence-corrected chi connectivity index (χ2v) is 4.61. The summed E-state index contributed by atoms with van der Waals surface area (Å²) in [4.78, 5) is 12.0. The fourth-order valence-electron chi connectivity index (χ4n) is 1.91.